The summed E-state index contributed by atoms with van der Waals surface area (Å²) in [6.07, 6.45) is 1.75. The van der Waals surface area contributed by atoms with Gasteiger partial charge in [0.2, 0.25) is 0 Å². The van der Waals surface area contributed by atoms with Crippen LogP contribution in [-0.4, -0.2) is 31.1 Å². The molecule has 0 bridgehead atoms. The summed E-state index contributed by atoms with van der Waals surface area (Å²) < 4.78 is 10.7. The molecule has 0 saturated carbocycles. The Hall–Kier alpha value is -2.33. The molecule has 0 saturated heterocycles. The van der Waals surface area contributed by atoms with Gasteiger partial charge in [-0.2, -0.15) is 0 Å². The highest BCUT2D eigenvalue weighted by atomic mass is 16.5. The first-order chi connectivity index (χ1) is 10.6. The number of carbonyl (C=O) groups excluding carboxylic acids is 1. The molecule has 116 valence electrons. The van der Waals surface area contributed by atoms with Gasteiger partial charge in [0.05, 0.1) is 13.2 Å². The fourth-order valence-corrected chi connectivity index (χ4v) is 2.16. The zero-order valence-electron chi connectivity index (χ0n) is 13.0. The Kier molecular flexibility index (Phi) is 5.55. The highest BCUT2D eigenvalue weighted by Gasteiger charge is 2.17. The monoisotopic (exact) mass is 299 g/mol. The second kappa shape index (κ2) is 7.61. The second-order valence-electron chi connectivity index (χ2n) is 5.06. The summed E-state index contributed by atoms with van der Waals surface area (Å²) in [6.45, 7) is 7.03. The van der Waals surface area contributed by atoms with Crippen LogP contribution in [0.15, 0.2) is 47.4 Å². The molecular weight excluding hydrogens is 278 g/mol. The van der Waals surface area contributed by atoms with Crippen LogP contribution in [-0.2, 0) is 11.3 Å². The molecule has 0 aliphatic carbocycles. The zero-order chi connectivity index (χ0) is 15.9. The molecule has 1 aromatic carbocycles. The first-order valence-corrected chi connectivity index (χ1v) is 7.20. The van der Waals surface area contributed by atoms with Crippen molar-refractivity contribution in [1.82, 2.24) is 4.90 Å². The molecule has 0 atom stereocenters. The molecule has 22 heavy (non-hydrogen) atoms. The predicted molar refractivity (Wildman–Crippen MR) is 86.6 cm³/mol. The molecule has 2 rings (SSSR count). The summed E-state index contributed by atoms with van der Waals surface area (Å²) in [6, 6.07) is 11.2. The molecule has 1 aromatic heterocycles. The zero-order valence-corrected chi connectivity index (χ0v) is 13.0. The number of carbonyl (C=O) groups is 1. The standard InChI is InChI=1S/C18H21NO3/c1-4-15-6-8-16(9-7-15)18(20)19(11-12-21-3)13-17-10-5-14(2)22-17/h4-10H,1,11-13H2,2-3H3. The van der Waals surface area contributed by atoms with Crippen molar-refractivity contribution in [3.63, 3.8) is 0 Å². The number of ether oxygens (including phenoxy) is 1. The van der Waals surface area contributed by atoms with Crippen LogP contribution >= 0.6 is 0 Å². The van der Waals surface area contributed by atoms with Crippen molar-refractivity contribution in [2.45, 2.75) is 13.5 Å². The van der Waals surface area contributed by atoms with E-state index in [1.807, 2.05) is 43.3 Å². The van der Waals surface area contributed by atoms with Gasteiger partial charge in [0.15, 0.2) is 0 Å². The molecule has 1 heterocycles. The Balaban J connectivity index is 2.15. The maximum atomic E-state index is 12.7. The number of hydrogen-bond donors (Lipinski definition) is 0. The van der Waals surface area contributed by atoms with E-state index >= 15 is 0 Å². The summed E-state index contributed by atoms with van der Waals surface area (Å²) in [5.74, 6) is 1.57. The molecule has 0 fully saturated rings. The minimum atomic E-state index is -0.0401. The van der Waals surface area contributed by atoms with Crippen molar-refractivity contribution in [3.05, 3.63) is 65.6 Å². The normalized spacial score (nSPS) is 10.5. The number of benzene rings is 1. The van der Waals surface area contributed by atoms with Crippen LogP contribution < -0.4 is 0 Å². The molecule has 0 aliphatic heterocycles. The van der Waals surface area contributed by atoms with Crippen LogP contribution in [0.2, 0.25) is 0 Å². The van der Waals surface area contributed by atoms with Crippen molar-refractivity contribution in [2.75, 3.05) is 20.3 Å². The number of rotatable bonds is 7. The molecule has 0 aliphatic rings. The highest BCUT2D eigenvalue weighted by Crippen LogP contribution is 2.14. The average molecular weight is 299 g/mol. The van der Waals surface area contributed by atoms with E-state index in [9.17, 15) is 4.79 Å². The molecule has 2 aromatic rings. The van der Waals surface area contributed by atoms with E-state index in [2.05, 4.69) is 6.58 Å². The van der Waals surface area contributed by atoms with E-state index in [0.29, 0.717) is 25.3 Å². The van der Waals surface area contributed by atoms with Gasteiger partial charge in [0.25, 0.3) is 5.91 Å². The van der Waals surface area contributed by atoms with E-state index < -0.39 is 0 Å². The molecule has 0 spiro atoms. The van der Waals surface area contributed by atoms with Crippen LogP contribution in [0.3, 0.4) is 0 Å². The third-order valence-electron chi connectivity index (χ3n) is 3.39. The third kappa shape index (κ3) is 4.09. The fourth-order valence-electron chi connectivity index (χ4n) is 2.16. The van der Waals surface area contributed by atoms with Crippen molar-refractivity contribution >= 4 is 12.0 Å². The molecule has 1 amide bonds. The Labute approximate surface area is 131 Å². The first kappa shape index (κ1) is 16.0. The maximum absolute atomic E-state index is 12.7. The van der Waals surface area contributed by atoms with Gasteiger partial charge >= 0.3 is 0 Å². The van der Waals surface area contributed by atoms with Gasteiger partial charge in [-0.05, 0) is 36.8 Å². The second-order valence-corrected chi connectivity index (χ2v) is 5.06. The SMILES string of the molecule is C=Cc1ccc(C(=O)N(CCOC)Cc2ccc(C)o2)cc1. The summed E-state index contributed by atoms with van der Waals surface area (Å²) in [7, 11) is 1.62. The van der Waals surface area contributed by atoms with Gasteiger partial charge in [-0.25, -0.2) is 0 Å². The van der Waals surface area contributed by atoms with Crippen LogP contribution in [0.5, 0.6) is 0 Å². The van der Waals surface area contributed by atoms with Gasteiger partial charge in [-0.1, -0.05) is 24.8 Å². The minimum absolute atomic E-state index is 0.0401. The minimum Gasteiger partial charge on any atom is -0.464 e. The Morgan fingerprint density at radius 1 is 1.27 bits per heavy atom. The molecule has 4 nitrogen and oxygen atoms in total. The number of furan rings is 1. The lowest BCUT2D eigenvalue weighted by molar-refractivity contribution is 0.0666. The molecule has 0 unspecified atom stereocenters. The Morgan fingerprint density at radius 2 is 2.00 bits per heavy atom. The number of aryl methyl sites for hydroxylation is 1. The van der Waals surface area contributed by atoms with Crippen molar-refractivity contribution in [1.29, 1.82) is 0 Å². The van der Waals surface area contributed by atoms with Gasteiger partial charge in [0.1, 0.15) is 11.5 Å². The molecule has 4 heteroatoms. The lowest BCUT2D eigenvalue weighted by Gasteiger charge is -2.21. The topological polar surface area (TPSA) is 42.7 Å². The van der Waals surface area contributed by atoms with Crippen molar-refractivity contribution in [3.8, 4) is 0 Å². The van der Waals surface area contributed by atoms with Gasteiger partial charge in [0, 0.05) is 19.2 Å². The van der Waals surface area contributed by atoms with Gasteiger partial charge in [-0.15, -0.1) is 0 Å². The van der Waals surface area contributed by atoms with E-state index in [4.69, 9.17) is 9.15 Å². The van der Waals surface area contributed by atoms with Gasteiger partial charge in [-0.3, -0.25) is 4.79 Å². The molecule has 0 radical (unpaired) electrons. The Bertz CT molecular complexity index is 628. The first-order valence-electron chi connectivity index (χ1n) is 7.20. The van der Waals surface area contributed by atoms with Gasteiger partial charge < -0.3 is 14.1 Å². The van der Waals surface area contributed by atoms with Crippen molar-refractivity contribution in [2.24, 2.45) is 0 Å². The summed E-state index contributed by atoms with van der Waals surface area (Å²) in [4.78, 5) is 14.4. The van der Waals surface area contributed by atoms with E-state index in [1.165, 1.54) is 0 Å². The number of amides is 1. The van der Waals surface area contributed by atoms with E-state index in [0.717, 1.165) is 17.1 Å². The fraction of sp³-hybridized carbons (Fsp3) is 0.278. The highest BCUT2D eigenvalue weighted by molar-refractivity contribution is 5.94. The Morgan fingerprint density at radius 3 is 2.55 bits per heavy atom. The molecule has 0 N–H and O–H groups in total. The lowest BCUT2D eigenvalue weighted by atomic mass is 10.1. The summed E-state index contributed by atoms with van der Waals surface area (Å²) in [5.41, 5.74) is 1.63. The van der Waals surface area contributed by atoms with Crippen LogP contribution in [0.1, 0.15) is 27.4 Å². The largest absolute Gasteiger partial charge is 0.464 e. The van der Waals surface area contributed by atoms with E-state index in [1.54, 1.807) is 18.1 Å². The molecular formula is C18H21NO3. The number of methoxy groups -OCH3 is 1. The van der Waals surface area contributed by atoms with E-state index in [-0.39, 0.29) is 5.91 Å². The lowest BCUT2D eigenvalue weighted by Crippen LogP contribution is -2.33. The van der Waals surface area contributed by atoms with Crippen LogP contribution in [0.25, 0.3) is 6.08 Å². The maximum Gasteiger partial charge on any atom is 0.254 e. The van der Waals surface area contributed by atoms with Crippen molar-refractivity contribution < 1.29 is 13.9 Å². The summed E-state index contributed by atoms with van der Waals surface area (Å²) in [5, 5.41) is 0. The number of hydrogen-bond acceptors (Lipinski definition) is 3. The predicted octanol–water partition coefficient (Wildman–Crippen LogP) is 3.52. The van der Waals surface area contributed by atoms with Crippen LogP contribution in [0.4, 0.5) is 0 Å². The van der Waals surface area contributed by atoms with Crippen LogP contribution in [0, 0.1) is 6.92 Å². The quantitative estimate of drug-likeness (QED) is 0.785. The summed E-state index contributed by atoms with van der Waals surface area (Å²) >= 11 is 0. The average Bonchev–Trinajstić information content (AvgIpc) is 2.96. The third-order valence-corrected chi connectivity index (χ3v) is 3.39. The smallest absolute Gasteiger partial charge is 0.254 e. The number of nitrogens with zero attached hydrogens (tertiary/aromatic N) is 1.